The molecule has 6 atom stereocenters. The number of carbonyl (C=O) groups is 4. The molecule has 2 bridgehead atoms. The van der Waals surface area contributed by atoms with Crippen molar-refractivity contribution in [3.8, 4) is 0 Å². The molecule has 48 heavy (non-hydrogen) atoms. The molecule has 1 aromatic heterocycles. The number of ether oxygens (including phenoxy) is 2. The summed E-state index contributed by atoms with van der Waals surface area (Å²) < 4.78 is 13.7. The number of aliphatic hydroxyl groups is 1. The molecule has 3 fully saturated rings. The number of nitrogens with zero attached hydrogens (tertiary/aromatic N) is 5. The number of β-amino-alcohol motifs (C(OH)–C–C–N with tert-alkyl or cyclic N) is 1. The summed E-state index contributed by atoms with van der Waals surface area (Å²) >= 11 is 0. The monoisotopic (exact) mass is 656 g/mol. The highest BCUT2D eigenvalue weighted by Crippen LogP contribution is 2.58. The van der Waals surface area contributed by atoms with Crippen molar-refractivity contribution < 1.29 is 33.8 Å². The van der Waals surface area contributed by atoms with Crippen molar-refractivity contribution in [2.24, 2.45) is 11.8 Å². The lowest BCUT2D eigenvalue weighted by molar-refractivity contribution is -0.149. The van der Waals surface area contributed by atoms with E-state index in [1.165, 1.54) is 9.80 Å². The molecular weight excluding hydrogens is 616 g/mol. The van der Waals surface area contributed by atoms with Crippen LogP contribution in [0.2, 0.25) is 0 Å². The Bertz CT molecular complexity index is 1690. The molecule has 3 saturated heterocycles. The molecule has 13 nitrogen and oxygen atoms in total. The topological polar surface area (TPSA) is 156 Å². The van der Waals surface area contributed by atoms with Gasteiger partial charge in [-0.25, -0.2) is 4.68 Å². The van der Waals surface area contributed by atoms with E-state index in [0.29, 0.717) is 24.8 Å². The number of amides is 3. The molecule has 3 aliphatic rings. The second-order valence-corrected chi connectivity index (χ2v) is 12.4. The van der Waals surface area contributed by atoms with E-state index in [1.807, 2.05) is 54.6 Å². The fourth-order valence-electron chi connectivity index (χ4n) is 7.45. The number of benzene rings is 2. The molecule has 0 unspecified atom stereocenters. The highest BCUT2D eigenvalue weighted by Gasteiger charge is 2.74. The maximum Gasteiger partial charge on any atom is 0.306 e. The quantitative estimate of drug-likeness (QED) is 0.185. The lowest BCUT2D eigenvalue weighted by Crippen LogP contribution is -2.57. The summed E-state index contributed by atoms with van der Waals surface area (Å²) in [5, 5.41) is 21.4. The van der Waals surface area contributed by atoms with Crippen molar-refractivity contribution in [1.82, 2.24) is 30.1 Å². The highest BCUT2D eigenvalue weighted by molar-refractivity contribution is 5.99. The van der Waals surface area contributed by atoms with Gasteiger partial charge in [0.2, 0.25) is 17.7 Å². The minimum atomic E-state index is -1.26. The third kappa shape index (κ3) is 5.99. The van der Waals surface area contributed by atoms with Crippen molar-refractivity contribution in [2.45, 2.75) is 56.1 Å². The van der Waals surface area contributed by atoms with Gasteiger partial charge >= 0.3 is 5.97 Å². The van der Waals surface area contributed by atoms with Crippen molar-refractivity contribution >= 4 is 34.7 Å². The van der Waals surface area contributed by atoms with Crippen LogP contribution in [-0.2, 0) is 35.3 Å². The molecule has 13 heteroatoms. The summed E-state index contributed by atoms with van der Waals surface area (Å²) in [6.45, 7) is 7.09. The average Bonchev–Trinajstić information content (AvgIpc) is 3.85. The molecule has 2 aromatic carbocycles. The fraction of sp³-hybridized carbons (Fsp3) is 0.429. The number of aliphatic hydroxyl groups excluding tert-OH is 1. The zero-order chi connectivity index (χ0) is 33.8. The molecule has 1 spiro atoms. The van der Waals surface area contributed by atoms with Crippen molar-refractivity contribution in [1.29, 1.82) is 0 Å². The minimum Gasteiger partial charge on any atom is -0.463 e. The first kappa shape index (κ1) is 33.0. The van der Waals surface area contributed by atoms with Gasteiger partial charge in [0.15, 0.2) is 0 Å². The maximum absolute atomic E-state index is 14.5. The van der Waals surface area contributed by atoms with Gasteiger partial charge in [0.25, 0.3) is 0 Å². The van der Waals surface area contributed by atoms with Crippen LogP contribution in [0.25, 0.3) is 11.0 Å². The van der Waals surface area contributed by atoms with Crippen molar-refractivity contribution in [3.05, 3.63) is 85.5 Å². The summed E-state index contributed by atoms with van der Waals surface area (Å²) in [5.41, 5.74) is 0.875. The van der Waals surface area contributed by atoms with Crippen LogP contribution >= 0.6 is 0 Å². The highest BCUT2D eigenvalue weighted by atomic mass is 16.5. The molecule has 3 amide bonds. The molecule has 0 radical (unpaired) electrons. The first-order chi connectivity index (χ1) is 23.3. The predicted octanol–water partition coefficient (Wildman–Crippen LogP) is 2.14. The van der Waals surface area contributed by atoms with Crippen LogP contribution in [0, 0.1) is 11.8 Å². The van der Waals surface area contributed by atoms with Crippen LogP contribution < -0.4 is 5.32 Å². The first-order valence-electron chi connectivity index (χ1n) is 16.2. The van der Waals surface area contributed by atoms with Crippen LogP contribution in [0.1, 0.15) is 37.3 Å². The number of hydrogen-bond acceptors (Lipinski definition) is 9. The third-order valence-corrected chi connectivity index (χ3v) is 9.55. The Morgan fingerprint density at radius 2 is 1.92 bits per heavy atom. The standard InChI is InChI=1S/C35H40N6O7/c1-3-5-15-28(43)47-21-25(23-11-7-6-8-12-23)36-32(44)29-27-16-17-35(48-27)30(29)33(45)40(19-20-42)31(35)34(46)39(18-4-2)22-41-26-14-10-9-13-24(26)37-38-41/h3-4,6-14,25,27,29-31,42H,1-2,5,15-22H2,(H,36,44)/t25-,27+,29-,30-,31+,35-/m0/s1. The minimum absolute atomic E-state index is 0.0430. The summed E-state index contributed by atoms with van der Waals surface area (Å²) in [6.07, 6.45) is 4.14. The molecule has 4 heterocycles. The van der Waals surface area contributed by atoms with Gasteiger partial charge in [0.1, 0.15) is 30.4 Å². The fourth-order valence-corrected chi connectivity index (χ4v) is 7.45. The van der Waals surface area contributed by atoms with Gasteiger partial charge in [-0.2, -0.15) is 0 Å². The van der Waals surface area contributed by atoms with Gasteiger partial charge in [-0.3, -0.25) is 19.2 Å². The van der Waals surface area contributed by atoms with Gasteiger partial charge in [0.05, 0.1) is 36.1 Å². The van der Waals surface area contributed by atoms with Crippen LogP contribution in [0.15, 0.2) is 79.9 Å². The number of aromatic nitrogens is 3. The molecule has 252 valence electrons. The second-order valence-electron chi connectivity index (χ2n) is 12.4. The van der Waals surface area contributed by atoms with E-state index in [0.717, 1.165) is 11.1 Å². The Labute approximate surface area is 278 Å². The van der Waals surface area contributed by atoms with E-state index in [9.17, 15) is 24.3 Å². The predicted molar refractivity (Wildman–Crippen MR) is 174 cm³/mol. The number of hydrogen-bond donors (Lipinski definition) is 2. The smallest absolute Gasteiger partial charge is 0.306 e. The zero-order valence-electron chi connectivity index (χ0n) is 26.6. The molecule has 6 rings (SSSR count). The van der Waals surface area contributed by atoms with E-state index in [-0.39, 0.29) is 39.4 Å². The van der Waals surface area contributed by atoms with Gasteiger partial charge in [-0.15, -0.1) is 18.3 Å². The normalized spacial score (nSPS) is 24.7. The summed E-state index contributed by atoms with van der Waals surface area (Å²) in [6, 6.07) is 14.8. The van der Waals surface area contributed by atoms with Crippen LogP contribution in [0.5, 0.6) is 0 Å². The number of allylic oxidation sites excluding steroid dienone is 1. The number of esters is 1. The van der Waals surface area contributed by atoms with Crippen molar-refractivity contribution in [3.63, 3.8) is 0 Å². The second kappa shape index (κ2) is 14.1. The Morgan fingerprint density at radius 1 is 1.15 bits per heavy atom. The zero-order valence-corrected chi connectivity index (χ0v) is 26.6. The van der Waals surface area contributed by atoms with E-state index in [4.69, 9.17) is 9.47 Å². The van der Waals surface area contributed by atoms with E-state index in [2.05, 4.69) is 28.8 Å². The van der Waals surface area contributed by atoms with Crippen LogP contribution in [0.3, 0.4) is 0 Å². The number of nitrogens with one attached hydrogen (secondary N) is 1. The van der Waals surface area contributed by atoms with Gasteiger partial charge in [-0.05, 0) is 37.0 Å². The molecular formula is C35H40N6O7. The Balaban J connectivity index is 1.27. The third-order valence-electron chi connectivity index (χ3n) is 9.55. The number of likely N-dealkylation sites (tertiary alicyclic amines) is 1. The first-order valence-corrected chi connectivity index (χ1v) is 16.2. The Kier molecular flexibility index (Phi) is 9.69. The summed E-state index contributed by atoms with van der Waals surface area (Å²) in [7, 11) is 0. The SMILES string of the molecule is C=CCCC(=O)OC[C@H](NC(=O)[C@@H]1[C@H]2C(=O)N(CCO)[C@H](C(=O)N(CC=C)Cn3nnc4ccccc43)[C@]23CC[C@H]1O3)c1ccccc1. The van der Waals surface area contributed by atoms with E-state index in [1.54, 1.807) is 16.8 Å². The van der Waals surface area contributed by atoms with Gasteiger partial charge < -0.3 is 29.7 Å². The van der Waals surface area contributed by atoms with Crippen LogP contribution in [0.4, 0.5) is 0 Å². The molecule has 3 aromatic rings. The lowest BCUT2D eigenvalue weighted by atomic mass is 9.70. The van der Waals surface area contributed by atoms with Gasteiger partial charge in [-0.1, -0.05) is 59.8 Å². The Hall–Kier alpha value is -4.88. The molecule has 0 aliphatic carbocycles. The number of para-hydroxylation sites is 1. The summed E-state index contributed by atoms with van der Waals surface area (Å²) in [4.78, 5) is 58.1. The Morgan fingerprint density at radius 3 is 2.67 bits per heavy atom. The van der Waals surface area contributed by atoms with Crippen LogP contribution in [-0.4, -0.2) is 97.6 Å². The maximum atomic E-state index is 14.5. The largest absolute Gasteiger partial charge is 0.463 e. The number of fused-ring (bicyclic) bond motifs is 2. The number of rotatable bonds is 15. The average molecular weight is 657 g/mol. The van der Waals surface area contributed by atoms with Gasteiger partial charge in [0, 0.05) is 19.5 Å². The lowest BCUT2D eigenvalue weighted by Gasteiger charge is -2.36. The van der Waals surface area contributed by atoms with E-state index >= 15 is 0 Å². The summed E-state index contributed by atoms with van der Waals surface area (Å²) in [5.74, 6) is -3.48. The number of carbonyl (C=O) groups excluding carboxylic acids is 4. The van der Waals surface area contributed by atoms with Crippen molar-refractivity contribution in [2.75, 3.05) is 26.3 Å². The molecule has 2 N–H and O–H groups in total. The molecule has 0 saturated carbocycles. The molecule has 3 aliphatic heterocycles. The van der Waals surface area contributed by atoms with E-state index < -0.39 is 59.3 Å².